The van der Waals surface area contributed by atoms with Crippen LogP contribution in [0, 0.1) is 34.5 Å². The minimum absolute atomic E-state index is 0.0339. The molecule has 2 heterocycles. The van der Waals surface area contributed by atoms with Crippen molar-refractivity contribution in [3.63, 3.8) is 0 Å². The van der Waals surface area contributed by atoms with E-state index in [0.29, 0.717) is 35.3 Å². The molecule has 0 N–H and O–H groups in total. The molecule has 6 rings (SSSR count). The summed E-state index contributed by atoms with van der Waals surface area (Å²) in [6.07, 6.45) is 14.9. The summed E-state index contributed by atoms with van der Waals surface area (Å²) >= 11 is 0. The maximum absolute atomic E-state index is 12.4. The molecule has 0 aromatic rings. The maximum Gasteiger partial charge on any atom is 0.302 e. The van der Waals surface area contributed by atoms with Gasteiger partial charge < -0.3 is 9.47 Å². The van der Waals surface area contributed by atoms with Gasteiger partial charge in [0, 0.05) is 31.3 Å². The van der Waals surface area contributed by atoms with Crippen LogP contribution in [0.3, 0.4) is 0 Å². The number of hydrogen-bond acceptors (Lipinski definition) is 6. The van der Waals surface area contributed by atoms with Crippen molar-refractivity contribution < 1.29 is 19.1 Å². The van der Waals surface area contributed by atoms with Crippen molar-refractivity contribution in [3.05, 3.63) is 0 Å². The number of ether oxygens (including phenoxy) is 2. The third-order valence-electron chi connectivity index (χ3n) is 12.7. The van der Waals surface area contributed by atoms with Crippen molar-refractivity contribution in [2.75, 3.05) is 26.2 Å². The van der Waals surface area contributed by atoms with Crippen molar-refractivity contribution in [1.29, 1.82) is 0 Å². The van der Waals surface area contributed by atoms with E-state index in [0.717, 1.165) is 38.5 Å². The Morgan fingerprint density at radius 2 is 1.34 bits per heavy atom. The number of carbonyl (C=O) groups is 2. The maximum atomic E-state index is 12.4. The quantitative estimate of drug-likeness (QED) is 0.454. The Kier molecular flexibility index (Phi) is 7.37. The second kappa shape index (κ2) is 10.4. The lowest BCUT2D eigenvalue weighted by molar-refractivity contribution is -0.178. The molecule has 214 valence electrons. The minimum atomic E-state index is -0.115. The number of carbonyl (C=O) groups excluding carboxylic acids is 2. The lowest BCUT2D eigenvalue weighted by atomic mass is 9.44. The zero-order valence-electron chi connectivity index (χ0n) is 24.5. The number of fused-ring (bicyclic) bond motifs is 5. The van der Waals surface area contributed by atoms with Gasteiger partial charge in [-0.25, -0.2) is 0 Å². The summed E-state index contributed by atoms with van der Waals surface area (Å²) in [4.78, 5) is 29.8. The molecule has 0 spiro atoms. The number of hydrogen-bond donors (Lipinski definition) is 0. The van der Waals surface area contributed by atoms with Crippen molar-refractivity contribution in [3.8, 4) is 0 Å². The first kappa shape index (κ1) is 27.1. The summed E-state index contributed by atoms with van der Waals surface area (Å²) in [7, 11) is 0. The first-order valence-electron chi connectivity index (χ1n) is 16.0. The molecule has 0 unspecified atom stereocenters. The summed E-state index contributed by atoms with van der Waals surface area (Å²) in [5, 5.41) is 0. The Morgan fingerprint density at radius 3 is 2.00 bits per heavy atom. The highest BCUT2D eigenvalue weighted by atomic mass is 16.5. The SMILES string of the molecule is CC(=O)O[C@H]1C[C@@H]2CC[C@@H]3[C@H](CC[C@]4(C)[C@H](OC(C)=O)[C@@H](N5CCCCC5)C[C@@H]34)[C@@]2(C)C[C@@H]1N1CCCC1. The van der Waals surface area contributed by atoms with Gasteiger partial charge in [0.15, 0.2) is 0 Å². The largest absolute Gasteiger partial charge is 0.461 e. The monoisotopic (exact) mass is 528 g/mol. The fraction of sp³-hybridized carbons (Fsp3) is 0.938. The fourth-order valence-electron chi connectivity index (χ4n) is 11.0. The second-order valence-electron chi connectivity index (χ2n) is 14.5. The molecule has 4 aliphatic carbocycles. The molecular formula is C32H52N2O4. The first-order chi connectivity index (χ1) is 18.2. The minimum Gasteiger partial charge on any atom is -0.461 e. The molecule has 2 saturated heterocycles. The van der Waals surface area contributed by atoms with Gasteiger partial charge in [0.25, 0.3) is 0 Å². The van der Waals surface area contributed by atoms with Crippen LogP contribution < -0.4 is 0 Å². The van der Waals surface area contributed by atoms with Crippen molar-refractivity contribution in [2.24, 2.45) is 34.5 Å². The van der Waals surface area contributed by atoms with Gasteiger partial charge in [0.1, 0.15) is 12.2 Å². The molecule has 6 aliphatic rings. The Balaban J connectivity index is 1.27. The van der Waals surface area contributed by atoms with Gasteiger partial charge in [-0.2, -0.15) is 0 Å². The zero-order valence-corrected chi connectivity index (χ0v) is 24.5. The number of rotatable bonds is 4. The van der Waals surface area contributed by atoms with E-state index in [1.165, 1.54) is 70.6 Å². The van der Waals surface area contributed by atoms with Crippen molar-refractivity contribution in [2.45, 2.75) is 129 Å². The molecular weight excluding hydrogens is 476 g/mol. The molecule has 2 aliphatic heterocycles. The number of likely N-dealkylation sites (tertiary alicyclic amines) is 2. The van der Waals surface area contributed by atoms with E-state index in [1.807, 2.05) is 0 Å². The van der Waals surface area contributed by atoms with Gasteiger partial charge in [-0.1, -0.05) is 20.3 Å². The molecule has 4 saturated carbocycles. The summed E-state index contributed by atoms with van der Waals surface area (Å²) in [5.74, 6) is 2.49. The van der Waals surface area contributed by atoms with Crippen molar-refractivity contribution in [1.82, 2.24) is 9.80 Å². The molecule has 38 heavy (non-hydrogen) atoms. The van der Waals surface area contributed by atoms with Crippen LogP contribution in [-0.4, -0.2) is 72.2 Å². The normalized spacial score (nSPS) is 47.6. The number of nitrogens with zero attached hydrogens (tertiary/aromatic N) is 2. The molecule has 0 aromatic heterocycles. The summed E-state index contributed by atoms with van der Waals surface area (Å²) in [5.41, 5.74) is 0.385. The smallest absolute Gasteiger partial charge is 0.302 e. The van der Waals surface area contributed by atoms with Crippen LogP contribution in [0.4, 0.5) is 0 Å². The fourth-order valence-corrected chi connectivity index (χ4v) is 11.0. The highest BCUT2D eigenvalue weighted by Crippen LogP contribution is 2.67. The third kappa shape index (κ3) is 4.54. The Hall–Kier alpha value is -1.14. The first-order valence-corrected chi connectivity index (χ1v) is 16.0. The zero-order chi connectivity index (χ0) is 26.7. The van der Waals surface area contributed by atoms with E-state index in [4.69, 9.17) is 9.47 Å². The van der Waals surface area contributed by atoms with E-state index < -0.39 is 0 Å². The van der Waals surface area contributed by atoms with Crippen LogP contribution in [0.15, 0.2) is 0 Å². The number of esters is 2. The molecule has 6 fully saturated rings. The standard InChI is InChI=1S/C32H52N2O4/c1-21(35)37-29-18-23-10-11-24-25(32(23,4)20-28(29)34-16-8-9-17-34)12-13-31(3)26(24)19-27(30(31)38-22(2)36)33-14-6-5-7-15-33/h23-30H,5-20H2,1-4H3/t23-,24+,25-,26-,27-,28-,29-,30+,31-,32-/m0/s1. The Morgan fingerprint density at radius 1 is 0.711 bits per heavy atom. The van der Waals surface area contributed by atoms with E-state index in [-0.39, 0.29) is 29.6 Å². The van der Waals surface area contributed by atoms with Crippen LogP contribution in [-0.2, 0) is 19.1 Å². The van der Waals surface area contributed by atoms with E-state index in [1.54, 1.807) is 13.8 Å². The summed E-state index contributed by atoms with van der Waals surface area (Å²) in [6.45, 7) is 12.9. The topological polar surface area (TPSA) is 59.1 Å². The molecule has 0 amide bonds. The van der Waals surface area contributed by atoms with E-state index >= 15 is 0 Å². The van der Waals surface area contributed by atoms with Gasteiger partial charge in [0.2, 0.25) is 0 Å². The highest BCUT2D eigenvalue weighted by Gasteiger charge is 2.65. The second-order valence-corrected chi connectivity index (χ2v) is 14.5. The highest BCUT2D eigenvalue weighted by molar-refractivity contribution is 5.66. The van der Waals surface area contributed by atoms with Crippen molar-refractivity contribution >= 4 is 11.9 Å². The molecule has 6 nitrogen and oxygen atoms in total. The van der Waals surface area contributed by atoms with Gasteiger partial charge in [-0.3, -0.25) is 19.4 Å². The molecule has 10 atom stereocenters. The van der Waals surface area contributed by atoms with Gasteiger partial charge >= 0.3 is 11.9 Å². The Bertz CT molecular complexity index is 898. The molecule has 0 bridgehead atoms. The van der Waals surface area contributed by atoms with Gasteiger partial charge in [-0.05, 0) is 126 Å². The average Bonchev–Trinajstić information content (AvgIpc) is 3.51. The lowest BCUT2D eigenvalue weighted by Crippen LogP contribution is -2.60. The summed E-state index contributed by atoms with van der Waals surface area (Å²) in [6, 6.07) is 0.753. The molecule has 0 aromatic carbocycles. The summed E-state index contributed by atoms with van der Waals surface area (Å²) < 4.78 is 12.3. The average molecular weight is 529 g/mol. The third-order valence-corrected chi connectivity index (χ3v) is 12.7. The van der Waals surface area contributed by atoms with Crippen LogP contribution >= 0.6 is 0 Å². The van der Waals surface area contributed by atoms with E-state index in [9.17, 15) is 9.59 Å². The van der Waals surface area contributed by atoms with Gasteiger partial charge in [0.05, 0.1) is 0 Å². The van der Waals surface area contributed by atoms with Crippen LogP contribution in [0.25, 0.3) is 0 Å². The molecule has 6 heteroatoms. The predicted molar refractivity (Wildman–Crippen MR) is 147 cm³/mol. The van der Waals surface area contributed by atoms with Crippen LogP contribution in [0.1, 0.15) is 105 Å². The molecule has 0 radical (unpaired) electrons. The lowest BCUT2D eigenvalue weighted by Gasteiger charge is -2.62. The van der Waals surface area contributed by atoms with Gasteiger partial charge in [-0.15, -0.1) is 0 Å². The Labute approximate surface area is 230 Å². The predicted octanol–water partition coefficient (Wildman–Crippen LogP) is 5.43. The van der Waals surface area contributed by atoms with E-state index in [2.05, 4.69) is 23.6 Å². The van der Waals surface area contributed by atoms with Crippen LogP contribution in [0.2, 0.25) is 0 Å². The van der Waals surface area contributed by atoms with Crippen LogP contribution in [0.5, 0.6) is 0 Å². The number of piperidine rings is 1.